The molecular formula is C21H23ClN2O2. The largest absolute Gasteiger partial charge is 0.457 e. The number of nitrogens with zero attached hydrogens (tertiary/aromatic N) is 1. The van der Waals surface area contributed by atoms with E-state index in [1.807, 2.05) is 24.3 Å². The quantitative estimate of drug-likeness (QED) is 0.870. The van der Waals surface area contributed by atoms with Crippen LogP contribution in [-0.4, -0.2) is 36.0 Å². The smallest absolute Gasteiger partial charge is 0.251 e. The number of hydrogen-bond donors (Lipinski definition) is 1. The van der Waals surface area contributed by atoms with Gasteiger partial charge >= 0.3 is 0 Å². The molecule has 0 saturated carbocycles. The maximum absolute atomic E-state index is 12.7. The fraction of sp³-hybridized carbons (Fsp3) is 0.381. The average molecular weight is 371 g/mol. The number of nitrogens with one attached hydrogen (secondary N) is 1. The van der Waals surface area contributed by atoms with Gasteiger partial charge in [-0.1, -0.05) is 17.7 Å². The predicted molar refractivity (Wildman–Crippen MR) is 103 cm³/mol. The lowest BCUT2D eigenvalue weighted by molar-refractivity contribution is 0.0217. The number of ether oxygens (including phenoxy) is 1. The molecule has 3 fully saturated rings. The van der Waals surface area contributed by atoms with E-state index in [2.05, 4.69) is 17.1 Å². The van der Waals surface area contributed by atoms with Crippen molar-refractivity contribution in [3.05, 3.63) is 59.1 Å². The van der Waals surface area contributed by atoms with Crippen LogP contribution >= 0.6 is 11.6 Å². The van der Waals surface area contributed by atoms with Crippen molar-refractivity contribution in [3.8, 4) is 11.5 Å². The summed E-state index contributed by atoms with van der Waals surface area (Å²) >= 11 is 5.97. The Kier molecular flexibility index (Phi) is 4.88. The molecule has 2 aromatic carbocycles. The molecular weight excluding hydrogens is 348 g/mol. The SMILES string of the molecule is CC1[C@H](NC(=O)c2ccc(Oc3cccc(Cl)c3)cc2)C2CCN1CC2. The van der Waals surface area contributed by atoms with Crippen LogP contribution in [0.5, 0.6) is 11.5 Å². The molecule has 4 nitrogen and oxygen atoms in total. The van der Waals surface area contributed by atoms with Crippen molar-refractivity contribution in [2.75, 3.05) is 13.1 Å². The van der Waals surface area contributed by atoms with Crippen molar-refractivity contribution in [3.63, 3.8) is 0 Å². The molecule has 2 bridgehead atoms. The minimum Gasteiger partial charge on any atom is -0.457 e. The lowest BCUT2D eigenvalue weighted by atomic mass is 9.79. The maximum atomic E-state index is 12.7. The number of benzene rings is 2. The third-order valence-corrected chi connectivity index (χ3v) is 5.86. The van der Waals surface area contributed by atoms with E-state index < -0.39 is 0 Å². The summed E-state index contributed by atoms with van der Waals surface area (Å²) in [6.07, 6.45) is 2.36. The number of piperidine rings is 3. The van der Waals surface area contributed by atoms with E-state index in [1.54, 1.807) is 24.3 Å². The molecule has 0 spiro atoms. The van der Waals surface area contributed by atoms with Gasteiger partial charge in [0.25, 0.3) is 5.91 Å². The summed E-state index contributed by atoms with van der Waals surface area (Å²) in [6, 6.07) is 15.2. The summed E-state index contributed by atoms with van der Waals surface area (Å²) in [5.74, 6) is 1.95. The molecule has 3 saturated heterocycles. The Bertz CT molecular complexity index is 783. The first-order chi connectivity index (χ1) is 12.6. The average Bonchev–Trinajstić information content (AvgIpc) is 2.65. The van der Waals surface area contributed by atoms with Crippen LogP contribution in [0.25, 0.3) is 0 Å². The fourth-order valence-electron chi connectivity index (χ4n) is 4.12. The van der Waals surface area contributed by atoms with E-state index in [9.17, 15) is 4.79 Å². The Hall–Kier alpha value is -2.04. The molecule has 3 heterocycles. The highest BCUT2D eigenvalue weighted by Crippen LogP contribution is 2.32. The van der Waals surface area contributed by atoms with Gasteiger partial charge in [0.15, 0.2) is 0 Å². The number of amides is 1. The van der Waals surface area contributed by atoms with Crippen molar-refractivity contribution in [2.24, 2.45) is 5.92 Å². The number of halogens is 1. The van der Waals surface area contributed by atoms with E-state index in [4.69, 9.17) is 16.3 Å². The van der Waals surface area contributed by atoms with Crippen molar-refractivity contribution < 1.29 is 9.53 Å². The van der Waals surface area contributed by atoms with Crippen LogP contribution in [0, 0.1) is 5.92 Å². The maximum Gasteiger partial charge on any atom is 0.251 e. The molecule has 1 amide bonds. The van der Waals surface area contributed by atoms with Crippen LogP contribution in [0.1, 0.15) is 30.1 Å². The van der Waals surface area contributed by atoms with Gasteiger partial charge in [-0.15, -0.1) is 0 Å². The fourth-order valence-corrected chi connectivity index (χ4v) is 4.30. The Morgan fingerprint density at radius 1 is 1.12 bits per heavy atom. The highest BCUT2D eigenvalue weighted by molar-refractivity contribution is 6.30. The second kappa shape index (κ2) is 7.29. The van der Waals surface area contributed by atoms with Crippen molar-refractivity contribution >= 4 is 17.5 Å². The standard InChI is InChI=1S/C21H23ClN2O2/c1-14-20(15-9-11-24(14)12-10-15)23-21(25)16-5-7-18(8-6-16)26-19-4-2-3-17(22)13-19/h2-8,13-15,20H,9-12H2,1H3,(H,23,25)/t14?,20-/m0/s1. The molecule has 2 atom stereocenters. The van der Waals surface area contributed by atoms with Gasteiger partial charge in [0, 0.05) is 22.7 Å². The van der Waals surface area contributed by atoms with Gasteiger partial charge in [0.05, 0.1) is 0 Å². The van der Waals surface area contributed by atoms with Crippen molar-refractivity contribution in [1.82, 2.24) is 10.2 Å². The highest BCUT2D eigenvalue weighted by atomic mass is 35.5. The molecule has 1 N–H and O–H groups in total. The van der Waals surface area contributed by atoms with Gasteiger partial charge in [0.1, 0.15) is 11.5 Å². The Labute approximate surface area is 159 Å². The molecule has 1 unspecified atom stereocenters. The molecule has 5 rings (SSSR count). The zero-order valence-corrected chi connectivity index (χ0v) is 15.6. The molecule has 2 aromatic rings. The van der Waals surface area contributed by atoms with Gasteiger partial charge in [0.2, 0.25) is 0 Å². The number of hydrogen-bond acceptors (Lipinski definition) is 3. The third kappa shape index (κ3) is 3.57. The number of fused-ring (bicyclic) bond motifs is 3. The van der Waals surface area contributed by atoms with Crippen molar-refractivity contribution in [2.45, 2.75) is 31.8 Å². The molecule has 0 radical (unpaired) electrons. The Morgan fingerprint density at radius 2 is 1.85 bits per heavy atom. The molecule has 0 aromatic heterocycles. The van der Waals surface area contributed by atoms with Crippen LogP contribution in [0.3, 0.4) is 0 Å². The summed E-state index contributed by atoms with van der Waals surface area (Å²) in [5.41, 5.74) is 0.659. The van der Waals surface area contributed by atoms with Crippen LogP contribution in [0.4, 0.5) is 0 Å². The van der Waals surface area contributed by atoms with Crippen LogP contribution in [0.2, 0.25) is 5.02 Å². The second-order valence-electron chi connectivity index (χ2n) is 7.20. The molecule has 0 aliphatic carbocycles. The molecule has 5 heteroatoms. The zero-order chi connectivity index (χ0) is 18.1. The van der Waals surface area contributed by atoms with E-state index in [1.165, 1.54) is 12.8 Å². The number of rotatable bonds is 4. The first kappa shape index (κ1) is 17.4. The Morgan fingerprint density at radius 3 is 2.50 bits per heavy atom. The molecule has 3 aliphatic heterocycles. The minimum atomic E-state index is -0.00935. The monoisotopic (exact) mass is 370 g/mol. The summed E-state index contributed by atoms with van der Waals surface area (Å²) < 4.78 is 5.78. The molecule has 3 aliphatic rings. The summed E-state index contributed by atoms with van der Waals surface area (Å²) in [7, 11) is 0. The first-order valence-electron chi connectivity index (χ1n) is 9.18. The highest BCUT2D eigenvalue weighted by Gasteiger charge is 2.40. The number of carbonyl (C=O) groups is 1. The zero-order valence-electron chi connectivity index (χ0n) is 14.8. The Balaban J connectivity index is 1.41. The first-order valence-corrected chi connectivity index (χ1v) is 9.56. The van der Waals surface area contributed by atoms with Crippen LogP contribution in [0.15, 0.2) is 48.5 Å². The third-order valence-electron chi connectivity index (χ3n) is 5.62. The van der Waals surface area contributed by atoms with Gasteiger partial charge < -0.3 is 10.1 Å². The molecule has 26 heavy (non-hydrogen) atoms. The van der Waals surface area contributed by atoms with E-state index in [-0.39, 0.29) is 11.9 Å². The van der Waals surface area contributed by atoms with Crippen molar-refractivity contribution in [1.29, 1.82) is 0 Å². The second-order valence-corrected chi connectivity index (χ2v) is 7.63. The van der Waals surface area contributed by atoms with Gasteiger partial charge in [-0.2, -0.15) is 0 Å². The van der Waals surface area contributed by atoms with E-state index in [0.29, 0.717) is 34.0 Å². The number of carbonyl (C=O) groups excluding carboxylic acids is 1. The van der Waals surface area contributed by atoms with Gasteiger partial charge in [-0.25, -0.2) is 0 Å². The normalized spacial score (nSPS) is 27.2. The minimum absolute atomic E-state index is 0.00935. The van der Waals surface area contributed by atoms with Crippen LogP contribution < -0.4 is 10.1 Å². The predicted octanol–water partition coefficient (Wildman–Crippen LogP) is 4.34. The lowest BCUT2D eigenvalue weighted by Gasteiger charge is -2.49. The van der Waals surface area contributed by atoms with Crippen LogP contribution in [-0.2, 0) is 0 Å². The van der Waals surface area contributed by atoms with Gasteiger partial charge in [-0.3, -0.25) is 9.69 Å². The molecule has 136 valence electrons. The van der Waals surface area contributed by atoms with Gasteiger partial charge in [-0.05, 0) is 81.2 Å². The summed E-state index contributed by atoms with van der Waals surface area (Å²) in [6.45, 7) is 4.54. The lowest BCUT2D eigenvalue weighted by Crippen LogP contribution is -2.62. The van der Waals surface area contributed by atoms with E-state index >= 15 is 0 Å². The summed E-state index contributed by atoms with van der Waals surface area (Å²) in [4.78, 5) is 15.1. The summed E-state index contributed by atoms with van der Waals surface area (Å²) in [5, 5.41) is 3.88. The topological polar surface area (TPSA) is 41.6 Å². The van der Waals surface area contributed by atoms with E-state index in [0.717, 1.165) is 13.1 Å².